The smallest absolute Gasteiger partial charge is 0.124 e. The quantitative estimate of drug-likeness (QED) is 0.868. The molecule has 0 aromatic heterocycles. The highest BCUT2D eigenvalue weighted by molar-refractivity contribution is 8.00. The first-order valence-electron chi connectivity index (χ1n) is 7.03. The van der Waals surface area contributed by atoms with Crippen LogP contribution in [0.1, 0.15) is 24.5 Å². The van der Waals surface area contributed by atoms with Crippen LogP contribution in [0.4, 0.5) is 4.39 Å². The number of nitrogens with two attached hydrogens (primary N) is 1. The molecule has 1 aliphatic heterocycles. The van der Waals surface area contributed by atoms with Crippen LogP contribution in [0.3, 0.4) is 0 Å². The molecule has 1 aromatic carbocycles. The molecule has 1 aliphatic rings. The molecular formula is C16H21FN2S. The predicted octanol–water partition coefficient (Wildman–Crippen LogP) is 2.46. The van der Waals surface area contributed by atoms with Crippen molar-refractivity contribution >= 4 is 11.8 Å². The molecule has 20 heavy (non-hydrogen) atoms. The highest BCUT2D eigenvalue weighted by Crippen LogP contribution is 2.22. The van der Waals surface area contributed by atoms with Crippen LogP contribution in [0.15, 0.2) is 18.2 Å². The topological polar surface area (TPSA) is 29.3 Å². The average Bonchev–Trinajstić information content (AvgIpc) is 2.44. The van der Waals surface area contributed by atoms with E-state index in [9.17, 15) is 4.39 Å². The Labute approximate surface area is 124 Å². The molecule has 0 saturated carbocycles. The molecule has 2 rings (SSSR count). The molecule has 1 heterocycles. The first kappa shape index (κ1) is 15.4. The fourth-order valence-corrected chi connectivity index (χ4v) is 3.65. The van der Waals surface area contributed by atoms with Crippen molar-refractivity contribution in [2.75, 3.05) is 25.4 Å². The fraction of sp³-hybridized carbons (Fsp3) is 0.500. The van der Waals surface area contributed by atoms with Gasteiger partial charge in [-0.1, -0.05) is 18.8 Å². The Morgan fingerprint density at radius 1 is 1.45 bits per heavy atom. The maximum atomic E-state index is 13.6. The highest BCUT2D eigenvalue weighted by atomic mass is 32.2. The second-order valence-electron chi connectivity index (χ2n) is 4.99. The summed E-state index contributed by atoms with van der Waals surface area (Å²) in [5.41, 5.74) is 7.06. The van der Waals surface area contributed by atoms with Crippen molar-refractivity contribution in [3.8, 4) is 11.8 Å². The number of thioether (sulfide) groups is 1. The van der Waals surface area contributed by atoms with Crippen molar-refractivity contribution in [3.63, 3.8) is 0 Å². The summed E-state index contributed by atoms with van der Waals surface area (Å²) in [7, 11) is 0. The van der Waals surface area contributed by atoms with Gasteiger partial charge in [-0.05, 0) is 30.2 Å². The van der Waals surface area contributed by atoms with Crippen molar-refractivity contribution in [2.24, 2.45) is 5.73 Å². The molecule has 0 radical (unpaired) electrons. The summed E-state index contributed by atoms with van der Waals surface area (Å²) >= 11 is 2.04. The molecule has 0 aliphatic carbocycles. The van der Waals surface area contributed by atoms with Crippen LogP contribution in [0.5, 0.6) is 0 Å². The number of halogens is 1. The fourth-order valence-electron chi connectivity index (χ4n) is 2.40. The van der Waals surface area contributed by atoms with Gasteiger partial charge in [-0.3, -0.25) is 4.90 Å². The zero-order chi connectivity index (χ0) is 14.4. The van der Waals surface area contributed by atoms with E-state index in [0.717, 1.165) is 31.0 Å². The number of hydrogen-bond donors (Lipinski definition) is 1. The summed E-state index contributed by atoms with van der Waals surface area (Å²) in [6.07, 6.45) is 1.19. The number of hydrogen-bond acceptors (Lipinski definition) is 3. The van der Waals surface area contributed by atoms with Crippen LogP contribution in [0, 0.1) is 17.7 Å². The van der Waals surface area contributed by atoms with E-state index in [0.29, 0.717) is 17.4 Å². The van der Waals surface area contributed by atoms with Gasteiger partial charge >= 0.3 is 0 Å². The largest absolute Gasteiger partial charge is 0.320 e. The zero-order valence-electron chi connectivity index (χ0n) is 11.9. The lowest BCUT2D eigenvalue weighted by Gasteiger charge is -2.31. The summed E-state index contributed by atoms with van der Waals surface area (Å²) in [5.74, 6) is 6.62. The Hall–Kier alpha value is -1.02. The molecule has 108 valence electrons. The first-order chi connectivity index (χ1) is 9.71. The molecule has 2 N–H and O–H groups in total. The summed E-state index contributed by atoms with van der Waals surface area (Å²) in [6, 6.07) is 5.04. The van der Waals surface area contributed by atoms with Gasteiger partial charge < -0.3 is 5.73 Å². The molecule has 1 fully saturated rings. The Kier molecular flexibility index (Phi) is 5.90. The van der Waals surface area contributed by atoms with Gasteiger partial charge in [0.1, 0.15) is 5.82 Å². The Bertz CT molecular complexity index is 507. The minimum atomic E-state index is -0.220. The summed E-state index contributed by atoms with van der Waals surface area (Å²) in [5, 5.41) is 0.703. The third-order valence-corrected chi connectivity index (χ3v) is 4.75. The van der Waals surface area contributed by atoms with Crippen molar-refractivity contribution < 1.29 is 4.39 Å². The van der Waals surface area contributed by atoms with Crippen LogP contribution >= 0.6 is 11.8 Å². The monoisotopic (exact) mass is 292 g/mol. The summed E-state index contributed by atoms with van der Waals surface area (Å²) in [4.78, 5) is 2.40. The molecule has 2 nitrogen and oxygen atoms in total. The maximum absolute atomic E-state index is 13.6. The molecule has 0 spiro atoms. The molecular weight excluding hydrogens is 271 g/mol. The van der Waals surface area contributed by atoms with Gasteiger partial charge in [0.2, 0.25) is 0 Å². The summed E-state index contributed by atoms with van der Waals surface area (Å²) < 4.78 is 13.6. The van der Waals surface area contributed by atoms with Crippen LogP contribution in [-0.4, -0.2) is 35.5 Å². The standard InChI is InChI=1S/C16H21FN2S/c1-2-16-12-19(6-7-20-16)11-14-8-13(4-3-5-18)9-15(17)10-14/h8-10,16H,2,5-7,11-12,18H2,1H3. The minimum absolute atomic E-state index is 0.220. The van der Waals surface area contributed by atoms with Crippen LogP contribution in [-0.2, 0) is 6.54 Å². The van der Waals surface area contributed by atoms with Crippen LogP contribution in [0.25, 0.3) is 0 Å². The number of rotatable bonds is 3. The first-order valence-corrected chi connectivity index (χ1v) is 8.08. The van der Waals surface area contributed by atoms with Gasteiger partial charge in [-0.15, -0.1) is 0 Å². The molecule has 4 heteroatoms. The van der Waals surface area contributed by atoms with Crippen molar-refractivity contribution in [1.82, 2.24) is 4.90 Å². The van der Waals surface area contributed by atoms with Crippen LogP contribution in [0.2, 0.25) is 0 Å². The molecule has 1 unspecified atom stereocenters. The van der Waals surface area contributed by atoms with Gasteiger partial charge in [0, 0.05) is 36.2 Å². The predicted molar refractivity (Wildman–Crippen MR) is 84.1 cm³/mol. The minimum Gasteiger partial charge on any atom is -0.320 e. The number of nitrogens with zero attached hydrogens (tertiary/aromatic N) is 1. The van der Waals surface area contributed by atoms with E-state index in [4.69, 9.17) is 5.73 Å². The molecule has 1 aromatic rings. The van der Waals surface area contributed by atoms with Gasteiger partial charge in [0.15, 0.2) is 0 Å². The lowest BCUT2D eigenvalue weighted by atomic mass is 10.1. The Morgan fingerprint density at radius 2 is 2.30 bits per heavy atom. The third-order valence-electron chi connectivity index (χ3n) is 3.38. The lowest BCUT2D eigenvalue weighted by molar-refractivity contribution is 0.273. The van der Waals surface area contributed by atoms with Crippen molar-refractivity contribution in [1.29, 1.82) is 0 Å². The van der Waals surface area contributed by atoms with E-state index in [1.807, 2.05) is 17.8 Å². The van der Waals surface area contributed by atoms with E-state index in [2.05, 4.69) is 23.7 Å². The molecule has 1 atom stereocenters. The SMILES string of the molecule is CCC1CN(Cc2cc(F)cc(C#CCN)c2)CCS1. The number of benzene rings is 1. The van der Waals surface area contributed by atoms with Gasteiger partial charge in [0.05, 0.1) is 6.54 Å². The summed E-state index contributed by atoms with van der Waals surface area (Å²) in [6.45, 7) is 5.48. The van der Waals surface area contributed by atoms with Gasteiger partial charge in [0.25, 0.3) is 0 Å². The average molecular weight is 292 g/mol. The van der Waals surface area contributed by atoms with E-state index >= 15 is 0 Å². The maximum Gasteiger partial charge on any atom is 0.124 e. The second-order valence-corrected chi connectivity index (χ2v) is 6.40. The third kappa shape index (κ3) is 4.52. The zero-order valence-corrected chi connectivity index (χ0v) is 12.7. The normalized spacial score (nSPS) is 19.4. The van der Waals surface area contributed by atoms with E-state index < -0.39 is 0 Å². The van der Waals surface area contributed by atoms with Crippen molar-refractivity contribution in [3.05, 3.63) is 35.1 Å². The molecule has 0 amide bonds. The van der Waals surface area contributed by atoms with Gasteiger partial charge in [-0.2, -0.15) is 11.8 Å². The van der Waals surface area contributed by atoms with Gasteiger partial charge in [-0.25, -0.2) is 4.39 Å². The Balaban J connectivity index is 2.06. The van der Waals surface area contributed by atoms with E-state index in [1.54, 1.807) is 6.07 Å². The second kappa shape index (κ2) is 7.68. The molecule has 0 bridgehead atoms. The molecule has 1 saturated heterocycles. The van der Waals surface area contributed by atoms with E-state index in [1.165, 1.54) is 12.5 Å². The highest BCUT2D eigenvalue weighted by Gasteiger charge is 2.19. The lowest BCUT2D eigenvalue weighted by Crippen LogP contribution is -2.37. The van der Waals surface area contributed by atoms with E-state index in [-0.39, 0.29) is 5.82 Å². The van der Waals surface area contributed by atoms with Crippen molar-refractivity contribution in [2.45, 2.75) is 25.1 Å². The Morgan fingerprint density at radius 3 is 3.05 bits per heavy atom. The van der Waals surface area contributed by atoms with Crippen LogP contribution < -0.4 is 5.73 Å².